The first-order valence-electron chi connectivity index (χ1n) is 3.02. The van der Waals surface area contributed by atoms with Crippen LogP contribution in [0.5, 0.6) is 0 Å². The number of carbonyl (C=O) groups excluding carboxylic acids is 1. The number of halogens is 2. The summed E-state index contributed by atoms with van der Waals surface area (Å²) in [5.41, 5.74) is 0.361. The van der Waals surface area contributed by atoms with Gasteiger partial charge in [0.15, 0.2) is 0 Å². The molecule has 5 heteroatoms. The van der Waals surface area contributed by atoms with Crippen molar-refractivity contribution in [3.05, 3.63) is 40.6 Å². The quantitative estimate of drug-likeness (QED) is 0.647. The number of nitrogens with one attached hydrogen (secondary N) is 1. The lowest BCUT2D eigenvalue weighted by Crippen LogP contribution is -2.17. The maximum atomic E-state index is 12.6. The molecule has 1 amide bonds. The van der Waals surface area contributed by atoms with Gasteiger partial charge in [-0.1, -0.05) is 0 Å². The van der Waals surface area contributed by atoms with Crippen LogP contribution in [0, 0.1) is 16.8 Å². The molecule has 64 valence electrons. The summed E-state index contributed by atoms with van der Waals surface area (Å²) >= 11 is 0. The van der Waals surface area contributed by atoms with Crippen molar-refractivity contribution in [3.63, 3.8) is 0 Å². The lowest BCUT2D eigenvalue weighted by molar-refractivity contribution is 0.0965. The molecule has 0 saturated heterocycles. The molecule has 0 saturated carbocycles. The van der Waals surface area contributed by atoms with E-state index >= 15 is 0 Å². The zero-order valence-corrected chi connectivity index (χ0v) is 5.80. The van der Waals surface area contributed by atoms with Gasteiger partial charge >= 0.3 is 0 Å². The van der Waals surface area contributed by atoms with E-state index in [4.69, 9.17) is 0 Å². The Morgan fingerprint density at radius 2 is 2.08 bits per heavy atom. The van der Waals surface area contributed by atoms with Gasteiger partial charge in [-0.05, 0) is 18.2 Å². The first-order valence-corrected chi connectivity index (χ1v) is 3.02. The van der Waals surface area contributed by atoms with Crippen LogP contribution < -0.4 is 5.48 Å². The molecule has 0 bridgehead atoms. The van der Waals surface area contributed by atoms with E-state index in [1.54, 1.807) is 0 Å². The molecule has 3 nitrogen and oxygen atoms in total. The molecule has 1 aromatic carbocycles. The number of benzene rings is 1. The summed E-state index contributed by atoms with van der Waals surface area (Å²) < 4.78 is 25.0. The van der Waals surface area contributed by atoms with Gasteiger partial charge in [0.1, 0.15) is 11.6 Å². The normalized spacial score (nSPS) is 9.58. The summed E-state index contributed by atoms with van der Waals surface area (Å²) in [6, 6.07) is 2.29. The Morgan fingerprint density at radius 1 is 1.42 bits per heavy atom. The van der Waals surface area contributed by atoms with Crippen LogP contribution in [0.15, 0.2) is 18.2 Å². The van der Waals surface area contributed by atoms with E-state index in [2.05, 4.69) is 0 Å². The third kappa shape index (κ3) is 1.57. The third-order valence-corrected chi connectivity index (χ3v) is 1.27. The predicted molar refractivity (Wildman–Crippen MR) is 37.2 cm³/mol. The molecule has 0 heterocycles. The van der Waals surface area contributed by atoms with Gasteiger partial charge in [-0.2, -0.15) is 0 Å². The number of hydroxylamine groups is 1. The fraction of sp³-hybridized carbons (Fsp3) is 0. The number of amides is 1. The summed E-state index contributed by atoms with van der Waals surface area (Å²) in [5.74, 6) is -2.88. The summed E-state index contributed by atoms with van der Waals surface area (Å²) in [5, 5.41) is 9.81. The molecule has 0 fully saturated rings. The maximum Gasteiger partial charge on any atom is 0.243 e. The molecule has 0 atom stereocenters. The number of hydrogen-bond donors (Lipinski definition) is 1. The van der Waals surface area contributed by atoms with Crippen molar-refractivity contribution in [1.29, 1.82) is 0 Å². The topological polar surface area (TPSA) is 52.2 Å². The summed E-state index contributed by atoms with van der Waals surface area (Å²) in [4.78, 5) is 10.6. The second-order valence-electron chi connectivity index (χ2n) is 2.06. The summed E-state index contributed by atoms with van der Waals surface area (Å²) in [6.07, 6.45) is 0. The zero-order chi connectivity index (χ0) is 9.14. The average Bonchev–Trinajstić information content (AvgIpc) is 2.08. The fourth-order valence-corrected chi connectivity index (χ4v) is 0.726. The van der Waals surface area contributed by atoms with Gasteiger partial charge in [-0.25, -0.2) is 8.78 Å². The Bertz CT molecular complexity index is 314. The van der Waals surface area contributed by atoms with Gasteiger partial charge in [0, 0.05) is 0 Å². The van der Waals surface area contributed by atoms with Crippen LogP contribution in [0.2, 0.25) is 0 Å². The number of carbonyl (C=O) groups is 1. The van der Waals surface area contributed by atoms with Crippen LogP contribution in [0.3, 0.4) is 0 Å². The van der Waals surface area contributed by atoms with Crippen LogP contribution >= 0.6 is 0 Å². The van der Waals surface area contributed by atoms with Gasteiger partial charge in [-0.3, -0.25) is 4.79 Å². The van der Waals surface area contributed by atoms with E-state index in [-0.39, 0.29) is 0 Å². The van der Waals surface area contributed by atoms with Crippen LogP contribution in [0.1, 0.15) is 10.4 Å². The van der Waals surface area contributed by atoms with E-state index in [0.29, 0.717) is 6.07 Å². The SMILES string of the molecule is O=C(N[O-])c1cc(F)ccc1F. The van der Waals surface area contributed by atoms with Gasteiger partial charge in [0.2, 0.25) is 5.91 Å². The molecular weight excluding hydrogens is 168 g/mol. The summed E-state index contributed by atoms with van der Waals surface area (Å²) in [6.45, 7) is 0. The molecule has 0 unspecified atom stereocenters. The zero-order valence-electron chi connectivity index (χ0n) is 5.80. The third-order valence-electron chi connectivity index (χ3n) is 1.27. The Labute approximate surface area is 66.6 Å². The summed E-state index contributed by atoms with van der Waals surface area (Å²) in [7, 11) is 0. The van der Waals surface area contributed by atoms with Crippen LogP contribution in [-0.4, -0.2) is 5.91 Å². The van der Waals surface area contributed by atoms with Crippen molar-refractivity contribution in [1.82, 2.24) is 5.48 Å². The highest BCUT2D eigenvalue weighted by molar-refractivity contribution is 5.94. The van der Waals surface area contributed by atoms with Crippen LogP contribution in [0.4, 0.5) is 8.78 Å². The molecule has 0 radical (unpaired) electrons. The van der Waals surface area contributed by atoms with Gasteiger partial charge in [0.05, 0.1) is 5.56 Å². The highest BCUT2D eigenvalue weighted by Gasteiger charge is 2.08. The van der Waals surface area contributed by atoms with E-state index in [0.717, 1.165) is 17.6 Å². The molecule has 1 aromatic rings. The van der Waals surface area contributed by atoms with Crippen molar-refractivity contribution in [2.24, 2.45) is 0 Å². The van der Waals surface area contributed by atoms with Crippen molar-refractivity contribution >= 4 is 5.91 Å². The Hall–Kier alpha value is -1.49. The predicted octanol–water partition coefficient (Wildman–Crippen LogP) is 1.19. The fourth-order valence-electron chi connectivity index (χ4n) is 0.726. The van der Waals surface area contributed by atoms with Crippen molar-refractivity contribution in [3.8, 4) is 0 Å². The minimum Gasteiger partial charge on any atom is -0.759 e. The van der Waals surface area contributed by atoms with Crippen molar-refractivity contribution in [2.75, 3.05) is 0 Å². The average molecular weight is 172 g/mol. The Balaban J connectivity index is 3.13. The molecule has 0 aliphatic rings. The highest BCUT2D eigenvalue weighted by Crippen LogP contribution is 2.08. The molecule has 0 aliphatic carbocycles. The first-order chi connectivity index (χ1) is 5.65. The second-order valence-corrected chi connectivity index (χ2v) is 2.06. The van der Waals surface area contributed by atoms with Crippen molar-refractivity contribution in [2.45, 2.75) is 0 Å². The molecule has 0 aliphatic heterocycles. The molecule has 1 rings (SSSR count). The van der Waals surface area contributed by atoms with E-state index in [9.17, 15) is 18.8 Å². The first kappa shape index (κ1) is 8.61. The molecule has 0 spiro atoms. The smallest absolute Gasteiger partial charge is 0.243 e. The number of hydrogen-bond acceptors (Lipinski definition) is 2. The lowest BCUT2D eigenvalue weighted by atomic mass is 10.2. The largest absolute Gasteiger partial charge is 0.759 e. The molecular formula is C7H4F2NO2-. The van der Waals surface area contributed by atoms with E-state index < -0.39 is 23.1 Å². The second kappa shape index (κ2) is 3.27. The lowest BCUT2D eigenvalue weighted by Gasteiger charge is -2.07. The molecule has 1 N–H and O–H groups in total. The van der Waals surface area contributed by atoms with Gasteiger partial charge in [0.25, 0.3) is 0 Å². The molecule has 0 aromatic heterocycles. The minimum absolute atomic E-state index is 0.593. The van der Waals surface area contributed by atoms with Crippen LogP contribution in [0.25, 0.3) is 0 Å². The highest BCUT2D eigenvalue weighted by atomic mass is 19.1. The maximum absolute atomic E-state index is 12.6. The standard InChI is InChI=1S/C7H4F2NO2/c8-4-1-2-6(9)5(3-4)7(11)10-12/h1-3H,(H-,10,11,12)/q-1. The van der Waals surface area contributed by atoms with E-state index in [1.807, 2.05) is 0 Å². The van der Waals surface area contributed by atoms with E-state index in [1.165, 1.54) is 0 Å². The van der Waals surface area contributed by atoms with Crippen molar-refractivity contribution < 1.29 is 13.6 Å². The Kier molecular flexibility index (Phi) is 2.35. The monoisotopic (exact) mass is 172 g/mol. The Morgan fingerprint density at radius 3 is 2.67 bits per heavy atom. The van der Waals surface area contributed by atoms with Gasteiger partial charge < -0.3 is 10.7 Å². The molecule has 12 heavy (non-hydrogen) atoms. The van der Waals surface area contributed by atoms with Crippen LogP contribution in [-0.2, 0) is 0 Å². The minimum atomic E-state index is -1.19. The van der Waals surface area contributed by atoms with Gasteiger partial charge in [-0.15, -0.1) is 0 Å². The number of rotatable bonds is 1.